The van der Waals surface area contributed by atoms with E-state index < -0.39 is 0 Å². The van der Waals surface area contributed by atoms with E-state index in [0.29, 0.717) is 5.41 Å². The van der Waals surface area contributed by atoms with Crippen molar-refractivity contribution in [1.29, 1.82) is 0 Å². The van der Waals surface area contributed by atoms with E-state index in [2.05, 4.69) is 52.9 Å². The molecule has 0 aliphatic carbocycles. The average molecular weight is 325 g/mol. The molecule has 1 unspecified atom stereocenters. The molecule has 2 nitrogen and oxygen atoms in total. The van der Waals surface area contributed by atoms with Gasteiger partial charge in [0.1, 0.15) is 0 Å². The van der Waals surface area contributed by atoms with Crippen LogP contribution in [0.1, 0.15) is 51.6 Å². The molecule has 3 heteroatoms. The molecule has 1 aromatic rings. The average Bonchev–Trinajstić information content (AvgIpc) is 2.83. The molecule has 0 bridgehead atoms. The molecule has 1 aromatic carbocycles. The Bertz CT molecular complexity index is 438. The van der Waals surface area contributed by atoms with Crippen molar-refractivity contribution >= 4 is 21.6 Å². The van der Waals surface area contributed by atoms with E-state index in [1.54, 1.807) is 0 Å². The largest absolute Gasteiger partial charge is 0.370 e. The monoisotopic (exact) mass is 324 g/mol. The summed E-state index contributed by atoms with van der Waals surface area (Å²) in [5.41, 5.74) is 8.95. The van der Waals surface area contributed by atoms with Crippen LogP contribution >= 0.6 is 15.9 Å². The minimum Gasteiger partial charge on any atom is -0.370 e. The predicted molar refractivity (Wildman–Crippen MR) is 86.6 cm³/mol. The first-order chi connectivity index (χ1) is 9.01. The topological polar surface area (TPSA) is 29.3 Å². The van der Waals surface area contributed by atoms with Gasteiger partial charge in [-0.3, -0.25) is 0 Å². The lowest BCUT2D eigenvalue weighted by Gasteiger charge is -2.28. The van der Waals surface area contributed by atoms with Crippen LogP contribution in [0.3, 0.4) is 0 Å². The third-order valence-corrected chi connectivity index (χ3v) is 5.41. The van der Waals surface area contributed by atoms with Gasteiger partial charge >= 0.3 is 0 Å². The number of rotatable bonds is 4. The predicted octanol–water partition coefficient (Wildman–Crippen LogP) is 4.49. The number of hydrogen-bond acceptors (Lipinski definition) is 2. The molecule has 106 valence electrons. The summed E-state index contributed by atoms with van der Waals surface area (Å²) < 4.78 is 1.17. The van der Waals surface area contributed by atoms with Crippen LogP contribution in [0.25, 0.3) is 0 Å². The number of halogens is 1. The Hall–Kier alpha value is -0.540. The van der Waals surface area contributed by atoms with Crippen molar-refractivity contribution in [3.63, 3.8) is 0 Å². The highest BCUT2D eigenvalue weighted by molar-refractivity contribution is 9.10. The van der Waals surface area contributed by atoms with Crippen molar-refractivity contribution in [2.75, 3.05) is 18.0 Å². The van der Waals surface area contributed by atoms with E-state index in [0.717, 1.165) is 6.54 Å². The van der Waals surface area contributed by atoms with Gasteiger partial charge in [0.05, 0.1) is 5.69 Å². The minimum absolute atomic E-state index is 0.0919. The molecule has 1 atom stereocenters. The zero-order chi connectivity index (χ0) is 14.0. The van der Waals surface area contributed by atoms with E-state index in [1.165, 1.54) is 41.5 Å². The number of nitrogens with zero attached hydrogens (tertiary/aromatic N) is 1. The van der Waals surface area contributed by atoms with Gasteiger partial charge in [-0.2, -0.15) is 0 Å². The lowest BCUT2D eigenvalue weighted by molar-refractivity contribution is 0.301. The molecule has 1 saturated heterocycles. The first-order valence-electron chi connectivity index (χ1n) is 7.31. The Balaban J connectivity index is 2.20. The number of benzene rings is 1. The maximum Gasteiger partial charge on any atom is 0.0511 e. The summed E-state index contributed by atoms with van der Waals surface area (Å²) in [4.78, 5) is 2.52. The van der Waals surface area contributed by atoms with Crippen LogP contribution in [0.2, 0.25) is 0 Å². The second-order valence-electron chi connectivity index (χ2n) is 5.88. The highest BCUT2D eigenvalue weighted by Crippen LogP contribution is 2.41. The zero-order valence-corrected chi connectivity index (χ0v) is 13.8. The Morgan fingerprint density at radius 2 is 2.05 bits per heavy atom. The molecule has 1 heterocycles. The number of nitrogens with two attached hydrogens (primary N) is 1. The van der Waals surface area contributed by atoms with Gasteiger partial charge in [-0.15, -0.1) is 0 Å². The summed E-state index contributed by atoms with van der Waals surface area (Å²) >= 11 is 3.71. The fourth-order valence-electron chi connectivity index (χ4n) is 3.03. The van der Waals surface area contributed by atoms with E-state index in [1.807, 2.05) is 6.92 Å². The van der Waals surface area contributed by atoms with E-state index in [4.69, 9.17) is 5.73 Å². The van der Waals surface area contributed by atoms with Crippen LogP contribution in [0.4, 0.5) is 5.69 Å². The van der Waals surface area contributed by atoms with Gasteiger partial charge < -0.3 is 10.6 Å². The van der Waals surface area contributed by atoms with Crippen molar-refractivity contribution in [2.24, 2.45) is 11.1 Å². The Labute approximate surface area is 125 Å². The van der Waals surface area contributed by atoms with Crippen molar-refractivity contribution in [1.82, 2.24) is 0 Å². The third kappa shape index (κ3) is 2.97. The van der Waals surface area contributed by atoms with Gasteiger partial charge in [-0.25, -0.2) is 0 Å². The minimum atomic E-state index is 0.0919. The molecular weight excluding hydrogens is 300 g/mol. The van der Waals surface area contributed by atoms with E-state index in [9.17, 15) is 0 Å². The van der Waals surface area contributed by atoms with Crippen LogP contribution in [-0.2, 0) is 0 Å². The second kappa shape index (κ2) is 5.84. The van der Waals surface area contributed by atoms with Crippen LogP contribution in [0.15, 0.2) is 22.7 Å². The van der Waals surface area contributed by atoms with E-state index >= 15 is 0 Å². The van der Waals surface area contributed by atoms with Gasteiger partial charge in [0, 0.05) is 23.6 Å². The Morgan fingerprint density at radius 3 is 2.53 bits per heavy atom. The zero-order valence-electron chi connectivity index (χ0n) is 12.2. The summed E-state index contributed by atoms with van der Waals surface area (Å²) in [6.45, 7) is 9.01. The summed E-state index contributed by atoms with van der Waals surface area (Å²) in [7, 11) is 0. The fourth-order valence-corrected chi connectivity index (χ4v) is 3.68. The lowest BCUT2D eigenvalue weighted by atomic mass is 9.82. The molecule has 1 aliphatic rings. The van der Waals surface area contributed by atoms with Crippen molar-refractivity contribution in [2.45, 2.75) is 46.1 Å². The van der Waals surface area contributed by atoms with Crippen LogP contribution in [0.5, 0.6) is 0 Å². The maximum atomic E-state index is 5.94. The SMILES string of the molecule is CCC1(CC)CCN(c2ccc(C(C)N)cc2Br)C1. The molecule has 0 radical (unpaired) electrons. The van der Waals surface area contributed by atoms with Crippen molar-refractivity contribution in [3.8, 4) is 0 Å². The fraction of sp³-hybridized carbons (Fsp3) is 0.625. The van der Waals surface area contributed by atoms with Gasteiger partial charge in [-0.1, -0.05) is 19.9 Å². The summed E-state index contributed by atoms with van der Waals surface area (Å²) in [6, 6.07) is 6.62. The highest BCUT2D eigenvalue weighted by atomic mass is 79.9. The molecule has 0 aromatic heterocycles. The van der Waals surface area contributed by atoms with Crippen molar-refractivity contribution < 1.29 is 0 Å². The third-order valence-electron chi connectivity index (χ3n) is 4.78. The molecule has 2 rings (SSSR count). The van der Waals surface area contributed by atoms with Gasteiger partial charge in [0.2, 0.25) is 0 Å². The molecule has 1 aliphatic heterocycles. The number of anilines is 1. The smallest absolute Gasteiger partial charge is 0.0511 e. The van der Waals surface area contributed by atoms with Crippen LogP contribution < -0.4 is 10.6 Å². The standard InChI is InChI=1S/C16H25BrN2/c1-4-16(5-2)8-9-19(11-16)15-7-6-13(12(3)18)10-14(15)17/h6-7,10,12H,4-5,8-9,11,18H2,1-3H3. The Kier molecular flexibility index (Phi) is 4.57. The Morgan fingerprint density at radius 1 is 1.37 bits per heavy atom. The first-order valence-corrected chi connectivity index (χ1v) is 8.10. The number of hydrogen-bond donors (Lipinski definition) is 1. The quantitative estimate of drug-likeness (QED) is 0.884. The molecule has 0 amide bonds. The van der Waals surface area contributed by atoms with Gasteiger partial charge in [-0.05, 0) is 65.2 Å². The van der Waals surface area contributed by atoms with Crippen molar-refractivity contribution in [3.05, 3.63) is 28.2 Å². The molecule has 0 spiro atoms. The lowest BCUT2D eigenvalue weighted by Crippen LogP contribution is -2.26. The molecule has 2 N–H and O–H groups in total. The molecule has 1 fully saturated rings. The van der Waals surface area contributed by atoms with Crippen LogP contribution in [-0.4, -0.2) is 13.1 Å². The summed E-state index contributed by atoms with van der Waals surface area (Å²) in [6.07, 6.45) is 3.85. The normalized spacial score (nSPS) is 19.7. The molecule has 0 saturated carbocycles. The first kappa shape index (κ1) is 14.9. The van der Waals surface area contributed by atoms with Gasteiger partial charge in [0.15, 0.2) is 0 Å². The summed E-state index contributed by atoms with van der Waals surface area (Å²) in [5, 5.41) is 0. The van der Waals surface area contributed by atoms with Gasteiger partial charge in [0.25, 0.3) is 0 Å². The van der Waals surface area contributed by atoms with E-state index in [-0.39, 0.29) is 6.04 Å². The molecular formula is C16H25BrN2. The second-order valence-corrected chi connectivity index (χ2v) is 6.73. The summed E-state index contributed by atoms with van der Waals surface area (Å²) in [5.74, 6) is 0. The molecule has 19 heavy (non-hydrogen) atoms. The van der Waals surface area contributed by atoms with Crippen LogP contribution in [0, 0.1) is 5.41 Å². The highest BCUT2D eigenvalue weighted by Gasteiger charge is 2.35. The maximum absolute atomic E-state index is 5.94.